The number of nitrogens with one attached hydrogen (secondary N) is 1. The summed E-state index contributed by atoms with van der Waals surface area (Å²) in [6.07, 6.45) is 1.61. The number of carbonyl (C=O) groups excluding carboxylic acids is 3. The van der Waals surface area contributed by atoms with E-state index in [2.05, 4.69) is 10.3 Å². The molecule has 2 heterocycles. The lowest BCUT2D eigenvalue weighted by atomic mass is 10.1. The molecular weight excluding hydrogens is 422 g/mol. The Kier molecular flexibility index (Phi) is 6.75. The van der Waals surface area contributed by atoms with Crippen molar-refractivity contribution in [2.45, 2.75) is 13.1 Å². The molecule has 2 aromatic carbocycles. The number of rotatable bonds is 9. The predicted octanol–water partition coefficient (Wildman–Crippen LogP) is 2.83. The largest absolute Gasteiger partial charge is 0.475 e. The van der Waals surface area contributed by atoms with Crippen molar-refractivity contribution in [3.8, 4) is 5.88 Å². The molecule has 3 amide bonds. The highest BCUT2D eigenvalue weighted by atomic mass is 16.5. The maximum atomic E-state index is 12.9. The quantitative estimate of drug-likeness (QED) is 0.402. The van der Waals surface area contributed by atoms with Gasteiger partial charge in [-0.05, 0) is 29.8 Å². The number of carbonyl (C=O) groups is 3. The minimum Gasteiger partial charge on any atom is -0.475 e. The van der Waals surface area contributed by atoms with Crippen LogP contribution in [0.5, 0.6) is 5.88 Å². The lowest BCUT2D eigenvalue weighted by Crippen LogP contribution is -2.29. The molecule has 0 atom stereocenters. The average molecular weight is 445 g/mol. The van der Waals surface area contributed by atoms with Crippen LogP contribution in [-0.4, -0.2) is 47.9 Å². The Balaban J connectivity index is 1.45. The van der Waals surface area contributed by atoms with E-state index >= 15 is 0 Å². The molecule has 1 aromatic heterocycles. The monoisotopic (exact) mass is 445 g/mol. The molecule has 168 valence electrons. The summed E-state index contributed by atoms with van der Waals surface area (Å²) < 4.78 is 10.6. The molecule has 0 spiro atoms. The zero-order chi connectivity index (χ0) is 23.2. The van der Waals surface area contributed by atoms with E-state index < -0.39 is 5.91 Å². The second-order valence-electron chi connectivity index (χ2n) is 7.43. The van der Waals surface area contributed by atoms with Crippen LogP contribution in [0.1, 0.15) is 42.2 Å². The summed E-state index contributed by atoms with van der Waals surface area (Å²) >= 11 is 0. The third-order valence-corrected chi connectivity index (χ3v) is 5.23. The van der Waals surface area contributed by atoms with Crippen LogP contribution in [-0.2, 0) is 17.8 Å². The fourth-order valence-corrected chi connectivity index (χ4v) is 3.53. The molecule has 1 aliphatic rings. The number of methoxy groups -OCH3 is 1. The van der Waals surface area contributed by atoms with Crippen LogP contribution in [0, 0.1) is 0 Å². The molecule has 33 heavy (non-hydrogen) atoms. The maximum absolute atomic E-state index is 12.9. The van der Waals surface area contributed by atoms with Crippen LogP contribution in [0.3, 0.4) is 0 Å². The van der Waals surface area contributed by atoms with Gasteiger partial charge in [0.05, 0.1) is 24.3 Å². The second-order valence-corrected chi connectivity index (χ2v) is 7.43. The Morgan fingerprint density at radius 3 is 2.55 bits per heavy atom. The summed E-state index contributed by atoms with van der Waals surface area (Å²) in [7, 11) is 1.58. The first kappa shape index (κ1) is 22.2. The van der Waals surface area contributed by atoms with Gasteiger partial charge in [0.1, 0.15) is 6.61 Å². The highest BCUT2D eigenvalue weighted by Gasteiger charge is 2.36. The van der Waals surface area contributed by atoms with Crippen LogP contribution < -0.4 is 10.1 Å². The number of benzene rings is 2. The topological polar surface area (TPSA) is 97.8 Å². The first-order valence-corrected chi connectivity index (χ1v) is 10.5. The van der Waals surface area contributed by atoms with Crippen molar-refractivity contribution in [2.24, 2.45) is 0 Å². The summed E-state index contributed by atoms with van der Waals surface area (Å²) in [6.45, 7) is 1.14. The molecule has 4 rings (SSSR count). The van der Waals surface area contributed by atoms with E-state index in [0.29, 0.717) is 35.8 Å². The minimum atomic E-state index is -0.408. The average Bonchev–Trinajstić information content (AvgIpc) is 3.08. The van der Waals surface area contributed by atoms with Gasteiger partial charge >= 0.3 is 0 Å². The highest BCUT2D eigenvalue weighted by molar-refractivity contribution is 6.22. The number of aromatic nitrogens is 1. The lowest BCUT2D eigenvalue weighted by molar-refractivity contribution is 0.0642. The molecule has 8 heteroatoms. The number of amides is 3. The molecule has 1 N–H and O–H groups in total. The van der Waals surface area contributed by atoms with Gasteiger partial charge < -0.3 is 14.8 Å². The van der Waals surface area contributed by atoms with Crippen molar-refractivity contribution < 1.29 is 23.9 Å². The van der Waals surface area contributed by atoms with Gasteiger partial charge in [-0.25, -0.2) is 4.98 Å². The Bertz CT molecular complexity index is 1180. The van der Waals surface area contributed by atoms with E-state index in [-0.39, 0.29) is 30.5 Å². The van der Waals surface area contributed by atoms with Crippen LogP contribution in [0.4, 0.5) is 0 Å². The summed E-state index contributed by atoms with van der Waals surface area (Å²) in [6, 6.07) is 17.4. The van der Waals surface area contributed by atoms with E-state index in [4.69, 9.17) is 9.47 Å². The Morgan fingerprint density at radius 1 is 0.970 bits per heavy atom. The summed E-state index contributed by atoms with van der Waals surface area (Å²) in [5, 5.41) is 2.81. The van der Waals surface area contributed by atoms with Gasteiger partial charge in [0, 0.05) is 31.0 Å². The molecule has 0 fully saturated rings. The van der Waals surface area contributed by atoms with Crippen LogP contribution in [0.15, 0.2) is 66.9 Å². The number of imide groups is 1. The van der Waals surface area contributed by atoms with Gasteiger partial charge in [0.25, 0.3) is 17.7 Å². The molecule has 0 saturated heterocycles. The third-order valence-electron chi connectivity index (χ3n) is 5.23. The summed E-state index contributed by atoms with van der Waals surface area (Å²) in [5.74, 6) is -0.721. The third kappa shape index (κ3) is 4.91. The van der Waals surface area contributed by atoms with Crippen LogP contribution >= 0.6 is 0 Å². The van der Waals surface area contributed by atoms with Gasteiger partial charge in [-0.15, -0.1) is 0 Å². The molecule has 8 nitrogen and oxygen atoms in total. The van der Waals surface area contributed by atoms with E-state index in [1.54, 1.807) is 25.4 Å². The Labute approximate surface area is 191 Å². The molecule has 0 aliphatic carbocycles. The number of nitrogens with zero attached hydrogens (tertiary/aromatic N) is 2. The molecule has 0 saturated carbocycles. The Hall–Kier alpha value is -4.04. The van der Waals surface area contributed by atoms with Crippen molar-refractivity contribution in [3.63, 3.8) is 0 Å². The van der Waals surface area contributed by atoms with Gasteiger partial charge in [0.2, 0.25) is 5.88 Å². The van der Waals surface area contributed by atoms with Crippen molar-refractivity contribution in [3.05, 3.63) is 94.7 Å². The van der Waals surface area contributed by atoms with Crippen molar-refractivity contribution >= 4 is 17.7 Å². The number of fused-ring (bicyclic) bond motifs is 1. The fraction of sp³-hybridized carbons (Fsp3) is 0.200. The zero-order valence-electron chi connectivity index (χ0n) is 18.1. The first-order valence-electron chi connectivity index (χ1n) is 10.5. The minimum absolute atomic E-state index is 0.182. The normalized spacial score (nSPS) is 12.6. The standard InChI is InChI=1S/C25H23N3O5/c1-32-12-13-33-23-19(8-5-11-26-23)15-27-22(29)18-9-10-20-21(14-18)25(31)28(24(20)30)16-17-6-3-2-4-7-17/h2-11,14H,12-13,15-16H2,1H3,(H,27,29). The van der Waals surface area contributed by atoms with E-state index in [1.807, 2.05) is 36.4 Å². The van der Waals surface area contributed by atoms with Crippen LogP contribution in [0.25, 0.3) is 0 Å². The van der Waals surface area contributed by atoms with Gasteiger partial charge in [0.15, 0.2) is 0 Å². The van der Waals surface area contributed by atoms with E-state index in [1.165, 1.54) is 17.0 Å². The lowest BCUT2D eigenvalue weighted by Gasteiger charge is -2.13. The molecule has 3 aromatic rings. The first-order chi connectivity index (χ1) is 16.1. The molecule has 0 bridgehead atoms. The molecule has 0 unspecified atom stereocenters. The molecular formula is C25H23N3O5. The van der Waals surface area contributed by atoms with Crippen molar-refractivity contribution in [1.82, 2.24) is 15.2 Å². The fourth-order valence-electron chi connectivity index (χ4n) is 3.53. The Morgan fingerprint density at radius 2 is 1.76 bits per heavy atom. The van der Waals surface area contributed by atoms with E-state index in [0.717, 1.165) is 5.56 Å². The number of ether oxygens (including phenoxy) is 2. The summed E-state index contributed by atoms with van der Waals surface area (Å²) in [5.41, 5.74) is 2.39. The number of pyridine rings is 1. The molecule has 0 radical (unpaired) electrons. The maximum Gasteiger partial charge on any atom is 0.261 e. The van der Waals surface area contributed by atoms with Crippen LogP contribution in [0.2, 0.25) is 0 Å². The van der Waals surface area contributed by atoms with E-state index in [9.17, 15) is 14.4 Å². The number of hydrogen-bond donors (Lipinski definition) is 1. The smallest absolute Gasteiger partial charge is 0.261 e. The SMILES string of the molecule is COCCOc1ncccc1CNC(=O)c1ccc2c(c1)C(=O)N(Cc1ccccc1)C2=O. The summed E-state index contributed by atoms with van der Waals surface area (Å²) in [4.78, 5) is 43.7. The van der Waals surface area contributed by atoms with Crippen molar-refractivity contribution in [1.29, 1.82) is 0 Å². The van der Waals surface area contributed by atoms with Gasteiger partial charge in [-0.1, -0.05) is 36.4 Å². The number of hydrogen-bond acceptors (Lipinski definition) is 6. The molecule has 1 aliphatic heterocycles. The second kappa shape index (κ2) is 10.1. The zero-order valence-corrected chi connectivity index (χ0v) is 18.1. The van der Waals surface area contributed by atoms with Gasteiger partial charge in [-0.2, -0.15) is 0 Å². The van der Waals surface area contributed by atoms with Crippen molar-refractivity contribution in [2.75, 3.05) is 20.3 Å². The predicted molar refractivity (Wildman–Crippen MR) is 120 cm³/mol. The van der Waals surface area contributed by atoms with Gasteiger partial charge in [-0.3, -0.25) is 19.3 Å². The highest BCUT2D eigenvalue weighted by Crippen LogP contribution is 2.26.